The van der Waals surface area contributed by atoms with Gasteiger partial charge >= 0.3 is 39.5 Å². The third-order valence-corrected chi connectivity index (χ3v) is 19.8. The number of unbranched alkanes of at least 4 members (excludes halogenated alkanes) is 38. The Labute approximate surface area is 581 Å². The molecule has 17 nitrogen and oxygen atoms in total. The highest BCUT2D eigenvalue weighted by atomic mass is 31.2. The summed E-state index contributed by atoms with van der Waals surface area (Å²) in [4.78, 5) is 72.8. The first-order valence-corrected chi connectivity index (χ1v) is 42.2. The summed E-state index contributed by atoms with van der Waals surface area (Å²) in [7, 11) is -9.91. The number of ether oxygens (including phenoxy) is 4. The fourth-order valence-corrected chi connectivity index (χ4v) is 13.1. The molecule has 0 aromatic carbocycles. The summed E-state index contributed by atoms with van der Waals surface area (Å²) in [5.74, 6) is 0.920. The van der Waals surface area contributed by atoms with Crippen molar-refractivity contribution in [1.82, 2.24) is 0 Å². The first-order valence-electron chi connectivity index (χ1n) is 39.2. The molecule has 0 rings (SSSR count). The first-order chi connectivity index (χ1) is 45.6. The molecule has 0 saturated heterocycles. The number of esters is 4. The van der Waals surface area contributed by atoms with E-state index in [-0.39, 0.29) is 25.7 Å². The second kappa shape index (κ2) is 65.4. The summed E-state index contributed by atoms with van der Waals surface area (Å²) < 4.78 is 68.5. The van der Waals surface area contributed by atoms with E-state index in [0.29, 0.717) is 31.6 Å². The molecule has 4 unspecified atom stereocenters. The fraction of sp³-hybridized carbons (Fsp3) is 0.947. The summed E-state index contributed by atoms with van der Waals surface area (Å²) in [6, 6.07) is 0. The predicted molar refractivity (Wildman–Crippen MR) is 386 cm³/mol. The molecule has 0 fully saturated rings. The Balaban J connectivity index is 5.21. The van der Waals surface area contributed by atoms with E-state index in [1.54, 1.807) is 0 Å². The van der Waals surface area contributed by atoms with Gasteiger partial charge in [0.25, 0.3) is 0 Å². The number of rotatable bonds is 73. The first kappa shape index (κ1) is 93.1. The van der Waals surface area contributed by atoms with Crippen molar-refractivity contribution in [2.24, 2.45) is 23.7 Å². The summed E-state index contributed by atoms with van der Waals surface area (Å²) in [6.45, 7) is 14.2. The molecule has 0 bridgehead atoms. The average molecular weight is 1400 g/mol. The lowest BCUT2D eigenvalue weighted by Gasteiger charge is -2.21. The van der Waals surface area contributed by atoms with Crippen LogP contribution in [0.5, 0.6) is 0 Å². The van der Waals surface area contributed by atoms with Crippen LogP contribution in [0.3, 0.4) is 0 Å². The van der Waals surface area contributed by atoms with Crippen LogP contribution < -0.4 is 0 Å². The van der Waals surface area contributed by atoms with Gasteiger partial charge in [0.2, 0.25) is 0 Å². The SMILES string of the molecule is CCC(C)CCCCCCCCCCC(=O)O[C@H](COC(=O)CCCCCCCCCCCCCCCCC(C)C)COP(=O)(O)OCC(O)COP(=O)(O)OC[C@@H](COC(=O)CCCCCCCCC(C)C)OC(=O)CCCCCCCCCCCCCCCCC(C)C. The number of phosphoric acid groups is 2. The monoisotopic (exact) mass is 1400 g/mol. The van der Waals surface area contributed by atoms with Crippen molar-refractivity contribution >= 4 is 39.5 Å². The van der Waals surface area contributed by atoms with Crippen molar-refractivity contribution in [3.63, 3.8) is 0 Å². The molecular formula is C76H148O17P2. The second-order valence-electron chi connectivity index (χ2n) is 29.1. The Bertz CT molecular complexity index is 1870. The van der Waals surface area contributed by atoms with Crippen molar-refractivity contribution in [2.45, 2.75) is 401 Å². The van der Waals surface area contributed by atoms with Gasteiger partial charge in [-0.15, -0.1) is 0 Å². The zero-order chi connectivity index (χ0) is 70.3. The van der Waals surface area contributed by atoms with Crippen molar-refractivity contribution in [1.29, 1.82) is 0 Å². The molecule has 95 heavy (non-hydrogen) atoms. The van der Waals surface area contributed by atoms with Gasteiger partial charge in [0.1, 0.15) is 19.3 Å². The Hall–Kier alpha value is -1.94. The van der Waals surface area contributed by atoms with Crippen molar-refractivity contribution in [3.05, 3.63) is 0 Å². The molecule has 0 radical (unpaired) electrons. The molecule has 0 aliphatic rings. The summed E-state index contributed by atoms with van der Waals surface area (Å²) in [5.41, 5.74) is 0. The molecule has 0 spiro atoms. The fourth-order valence-electron chi connectivity index (χ4n) is 11.5. The number of aliphatic hydroxyl groups is 1. The molecule has 0 amide bonds. The van der Waals surface area contributed by atoms with E-state index in [1.165, 1.54) is 180 Å². The largest absolute Gasteiger partial charge is 0.472 e. The van der Waals surface area contributed by atoms with Gasteiger partial charge in [-0.05, 0) is 49.4 Å². The van der Waals surface area contributed by atoms with Gasteiger partial charge in [0, 0.05) is 25.7 Å². The molecule has 564 valence electrons. The quantitative estimate of drug-likeness (QED) is 0.0222. The molecule has 3 N–H and O–H groups in total. The Kier molecular flexibility index (Phi) is 64.0. The van der Waals surface area contributed by atoms with Gasteiger partial charge in [-0.3, -0.25) is 37.3 Å². The zero-order valence-electron chi connectivity index (χ0n) is 62.3. The molecule has 19 heteroatoms. The molecule has 0 aromatic heterocycles. The number of hydrogen-bond acceptors (Lipinski definition) is 15. The zero-order valence-corrected chi connectivity index (χ0v) is 64.1. The highest BCUT2D eigenvalue weighted by Gasteiger charge is 2.30. The van der Waals surface area contributed by atoms with Gasteiger partial charge in [0.15, 0.2) is 12.2 Å². The van der Waals surface area contributed by atoms with Crippen molar-refractivity contribution < 1.29 is 80.2 Å². The van der Waals surface area contributed by atoms with E-state index in [1.807, 2.05) is 0 Å². The maximum absolute atomic E-state index is 13.1. The molecule has 0 aromatic rings. The number of carbonyl (C=O) groups is 4. The topological polar surface area (TPSA) is 237 Å². The third-order valence-electron chi connectivity index (χ3n) is 17.9. The van der Waals surface area contributed by atoms with Crippen molar-refractivity contribution in [3.8, 4) is 0 Å². The van der Waals surface area contributed by atoms with Crippen LogP contribution in [-0.2, 0) is 65.4 Å². The minimum Gasteiger partial charge on any atom is -0.462 e. The van der Waals surface area contributed by atoms with Crippen LogP contribution in [0.4, 0.5) is 0 Å². The smallest absolute Gasteiger partial charge is 0.462 e. The number of phosphoric ester groups is 2. The maximum Gasteiger partial charge on any atom is 0.472 e. The summed E-state index contributed by atoms with van der Waals surface area (Å²) in [6.07, 6.45) is 50.1. The van der Waals surface area contributed by atoms with Gasteiger partial charge in [-0.2, -0.15) is 0 Å². The van der Waals surface area contributed by atoms with Crippen LogP contribution in [0.25, 0.3) is 0 Å². The lowest BCUT2D eigenvalue weighted by atomic mass is 9.99. The average Bonchev–Trinajstić information content (AvgIpc) is 1.36. The standard InChI is InChI=1S/C76H148O17P2/c1-9-69(8)55-47-39-30-26-27-33-43-51-59-76(81)93-71(62-86-73(78)56-48-40-31-24-20-16-12-10-14-18-22-28-36-44-52-66(2)3)64-90-94(82,83)88-60-70(77)61-89-95(84,85)91-65-72(63-87-74(79)57-49-41-35-34-38-46-54-68(6)7)92-75(80)58-50-42-32-25-21-17-13-11-15-19-23-29-37-45-53-67(4)5/h66-72,77H,9-65H2,1-8H3,(H,82,83)(H,84,85)/t69?,70?,71-,72-/m1/s1. The number of aliphatic hydroxyl groups excluding tert-OH is 1. The summed E-state index contributed by atoms with van der Waals surface area (Å²) >= 11 is 0. The van der Waals surface area contributed by atoms with E-state index in [9.17, 15) is 43.2 Å². The third kappa shape index (κ3) is 69.0. The number of hydrogen-bond donors (Lipinski definition) is 3. The molecule has 0 saturated carbocycles. The lowest BCUT2D eigenvalue weighted by molar-refractivity contribution is -0.161. The van der Waals surface area contributed by atoms with Gasteiger partial charge in [-0.1, -0.05) is 331 Å². The minimum absolute atomic E-state index is 0.105. The lowest BCUT2D eigenvalue weighted by Crippen LogP contribution is -2.30. The van der Waals surface area contributed by atoms with E-state index in [0.717, 1.165) is 114 Å². The Morgan fingerprint density at radius 3 is 0.747 bits per heavy atom. The van der Waals surface area contributed by atoms with Gasteiger partial charge < -0.3 is 33.8 Å². The molecule has 0 aliphatic carbocycles. The molecular weight excluding hydrogens is 1250 g/mol. The van der Waals surface area contributed by atoms with E-state index < -0.39 is 97.5 Å². The van der Waals surface area contributed by atoms with Gasteiger partial charge in [-0.25, -0.2) is 9.13 Å². The van der Waals surface area contributed by atoms with E-state index >= 15 is 0 Å². The van der Waals surface area contributed by atoms with Crippen LogP contribution >= 0.6 is 15.6 Å². The van der Waals surface area contributed by atoms with Gasteiger partial charge in [0.05, 0.1) is 26.4 Å². The van der Waals surface area contributed by atoms with Crippen LogP contribution in [0, 0.1) is 23.7 Å². The van der Waals surface area contributed by atoms with E-state index in [4.69, 9.17) is 37.0 Å². The summed E-state index contributed by atoms with van der Waals surface area (Å²) in [5, 5.41) is 10.6. The molecule has 0 aliphatic heterocycles. The Morgan fingerprint density at radius 1 is 0.295 bits per heavy atom. The highest BCUT2D eigenvalue weighted by Crippen LogP contribution is 2.45. The molecule has 6 atom stereocenters. The van der Waals surface area contributed by atoms with Crippen LogP contribution in [0.2, 0.25) is 0 Å². The maximum atomic E-state index is 13.1. The van der Waals surface area contributed by atoms with Crippen LogP contribution in [0.1, 0.15) is 383 Å². The Morgan fingerprint density at radius 2 is 0.505 bits per heavy atom. The predicted octanol–water partition coefficient (Wildman–Crippen LogP) is 22.0. The highest BCUT2D eigenvalue weighted by molar-refractivity contribution is 7.47. The second-order valence-corrected chi connectivity index (χ2v) is 32.0. The van der Waals surface area contributed by atoms with Crippen LogP contribution in [-0.4, -0.2) is 96.7 Å². The number of carbonyl (C=O) groups excluding carboxylic acids is 4. The van der Waals surface area contributed by atoms with Crippen molar-refractivity contribution in [2.75, 3.05) is 39.6 Å². The molecule has 0 heterocycles. The van der Waals surface area contributed by atoms with Crippen LogP contribution in [0.15, 0.2) is 0 Å². The minimum atomic E-state index is -4.96. The van der Waals surface area contributed by atoms with E-state index in [2.05, 4.69) is 55.4 Å². The normalized spacial score (nSPS) is 14.4.